The smallest absolute Gasteiger partial charge is 0.120 e. The van der Waals surface area contributed by atoms with Crippen molar-refractivity contribution in [3.05, 3.63) is 44.9 Å². The number of ether oxygens (including phenoxy) is 1. The number of hydrogen-bond acceptors (Lipinski definition) is 6. The van der Waals surface area contributed by atoms with Gasteiger partial charge < -0.3 is 4.74 Å². The topological polar surface area (TPSA) is 38.2 Å². The number of morpholine rings is 1. The largest absolute Gasteiger partial charge is 0.374 e. The van der Waals surface area contributed by atoms with E-state index in [1.54, 1.807) is 11.3 Å². The fourth-order valence-electron chi connectivity index (χ4n) is 4.71. The van der Waals surface area contributed by atoms with Crippen molar-refractivity contribution in [2.45, 2.75) is 63.1 Å². The average molecular weight is 452 g/mol. The Morgan fingerprint density at radius 3 is 2.59 bits per heavy atom. The molecule has 158 valence electrons. The van der Waals surface area contributed by atoms with Gasteiger partial charge >= 0.3 is 0 Å². The summed E-state index contributed by atoms with van der Waals surface area (Å²) in [6.45, 7) is 3.92. The average Bonchev–Trinajstić information content (AvgIpc) is 3.17. The van der Waals surface area contributed by atoms with E-state index in [0.717, 1.165) is 35.4 Å². The third-order valence-electron chi connectivity index (χ3n) is 6.20. The first kappa shape index (κ1) is 21.6. The number of hydrogen-bond donors (Lipinski definition) is 0. The highest BCUT2D eigenvalue weighted by molar-refractivity contribution is 7.98. The van der Waals surface area contributed by atoms with Gasteiger partial charge in [-0.2, -0.15) is 11.8 Å². The molecule has 0 spiro atoms. The van der Waals surface area contributed by atoms with Crippen LogP contribution in [0.4, 0.5) is 0 Å². The lowest BCUT2D eigenvalue weighted by Gasteiger charge is -2.46. The molecule has 0 amide bonds. The molecular formula is C22H30ClN3OS2. The molecule has 2 aromatic rings. The molecule has 2 atom stereocenters. The summed E-state index contributed by atoms with van der Waals surface area (Å²) in [7, 11) is 0. The highest BCUT2D eigenvalue weighted by Crippen LogP contribution is 2.37. The van der Waals surface area contributed by atoms with Gasteiger partial charge in [0.2, 0.25) is 0 Å². The van der Waals surface area contributed by atoms with Gasteiger partial charge in [0.05, 0.1) is 12.7 Å². The molecule has 2 heterocycles. The normalized spacial score (nSPS) is 28.5. The van der Waals surface area contributed by atoms with E-state index in [0.29, 0.717) is 24.1 Å². The Kier molecular flexibility index (Phi) is 7.51. The van der Waals surface area contributed by atoms with E-state index in [2.05, 4.69) is 33.5 Å². The van der Waals surface area contributed by atoms with E-state index in [1.165, 1.54) is 36.3 Å². The Hall–Kier alpha value is -0.660. The van der Waals surface area contributed by atoms with Crippen molar-refractivity contribution in [2.24, 2.45) is 0 Å². The van der Waals surface area contributed by atoms with Gasteiger partial charge in [-0.1, -0.05) is 23.7 Å². The van der Waals surface area contributed by atoms with E-state index in [9.17, 15) is 0 Å². The number of aromatic nitrogens is 2. The molecule has 0 radical (unpaired) electrons. The van der Waals surface area contributed by atoms with Gasteiger partial charge in [0.15, 0.2) is 0 Å². The van der Waals surface area contributed by atoms with Crippen molar-refractivity contribution in [1.82, 2.24) is 15.1 Å². The molecule has 1 saturated heterocycles. The van der Waals surface area contributed by atoms with Crippen LogP contribution < -0.4 is 0 Å². The maximum absolute atomic E-state index is 6.24. The highest BCUT2D eigenvalue weighted by Gasteiger charge is 2.36. The zero-order valence-corrected chi connectivity index (χ0v) is 19.6. The maximum Gasteiger partial charge on any atom is 0.120 e. The van der Waals surface area contributed by atoms with Gasteiger partial charge in [-0.15, -0.1) is 21.5 Å². The summed E-state index contributed by atoms with van der Waals surface area (Å²) >= 11 is 9.73. The summed E-state index contributed by atoms with van der Waals surface area (Å²) in [6.07, 6.45) is 8.46. The molecular weight excluding hydrogens is 422 g/mol. The van der Waals surface area contributed by atoms with Crippen molar-refractivity contribution >= 4 is 34.7 Å². The molecule has 1 aromatic carbocycles. The number of aryl methyl sites for hydroxylation is 1. The SMILES string of the molecule is CSCC1CN(C2CCC(c3nnc(C)s3)CC2)C(Cc2ccc(Cl)cc2)CO1. The van der Waals surface area contributed by atoms with Crippen molar-refractivity contribution < 1.29 is 4.74 Å². The molecule has 2 unspecified atom stereocenters. The summed E-state index contributed by atoms with van der Waals surface area (Å²) in [5.74, 6) is 1.67. The quantitative estimate of drug-likeness (QED) is 0.603. The minimum Gasteiger partial charge on any atom is -0.374 e. The van der Waals surface area contributed by atoms with Crippen LogP contribution in [0.5, 0.6) is 0 Å². The van der Waals surface area contributed by atoms with Crippen LogP contribution in [0.1, 0.15) is 47.2 Å². The summed E-state index contributed by atoms with van der Waals surface area (Å²) in [4.78, 5) is 2.76. The molecule has 4 rings (SSSR count). The van der Waals surface area contributed by atoms with Crippen LogP contribution in [-0.4, -0.2) is 58.4 Å². The first-order valence-electron chi connectivity index (χ1n) is 10.5. The highest BCUT2D eigenvalue weighted by atomic mass is 35.5. The molecule has 1 aliphatic heterocycles. The van der Waals surface area contributed by atoms with Crippen LogP contribution in [0.25, 0.3) is 0 Å². The Labute approximate surface area is 187 Å². The van der Waals surface area contributed by atoms with Gasteiger partial charge in [-0.25, -0.2) is 0 Å². The summed E-state index contributed by atoms with van der Waals surface area (Å²) < 4.78 is 6.24. The van der Waals surface area contributed by atoms with Gasteiger partial charge in [0, 0.05) is 35.3 Å². The van der Waals surface area contributed by atoms with Crippen molar-refractivity contribution in [2.75, 3.05) is 25.2 Å². The lowest BCUT2D eigenvalue weighted by atomic mass is 9.84. The van der Waals surface area contributed by atoms with Gasteiger partial charge in [-0.05, 0) is 63.0 Å². The molecule has 0 bridgehead atoms. The maximum atomic E-state index is 6.24. The van der Waals surface area contributed by atoms with Crippen LogP contribution in [0.15, 0.2) is 24.3 Å². The molecule has 1 saturated carbocycles. The summed E-state index contributed by atoms with van der Waals surface area (Å²) in [6, 6.07) is 9.39. The van der Waals surface area contributed by atoms with Crippen molar-refractivity contribution in [3.8, 4) is 0 Å². The number of thioether (sulfide) groups is 1. The van der Waals surface area contributed by atoms with Crippen LogP contribution in [0, 0.1) is 6.92 Å². The minimum atomic E-state index is 0.343. The van der Waals surface area contributed by atoms with Crippen LogP contribution in [0.3, 0.4) is 0 Å². The molecule has 2 fully saturated rings. The minimum absolute atomic E-state index is 0.343. The zero-order chi connectivity index (χ0) is 20.2. The second kappa shape index (κ2) is 10.1. The fraction of sp³-hybridized carbons (Fsp3) is 0.636. The van der Waals surface area contributed by atoms with Crippen LogP contribution in [-0.2, 0) is 11.2 Å². The van der Waals surface area contributed by atoms with E-state index >= 15 is 0 Å². The summed E-state index contributed by atoms with van der Waals surface area (Å²) in [5, 5.41) is 11.8. The molecule has 1 aromatic heterocycles. The van der Waals surface area contributed by atoms with E-state index in [-0.39, 0.29) is 0 Å². The Bertz CT molecular complexity index is 777. The second-order valence-corrected chi connectivity index (χ2v) is 10.8. The van der Waals surface area contributed by atoms with E-state index in [1.807, 2.05) is 30.8 Å². The van der Waals surface area contributed by atoms with Gasteiger partial charge in [0.1, 0.15) is 10.0 Å². The fourth-order valence-corrected chi connectivity index (χ4v) is 6.28. The number of benzene rings is 1. The van der Waals surface area contributed by atoms with Crippen LogP contribution >= 0.6 is 34.7 Å². The first-order valence-corrected chi connectivity index (χ1v) is 13.1. The first-order chi connectivity index (χ1) is 14.1. The number of halogens is 1. The Morgan fingerprint density at radius 2 is 1.93 bits per heavy atom. The number of nitrogens with zero attached hydrogens (tertiary/aromatic N) is 3. The standard InChI is InChI=1S/C22H30ClN3OS2/c1-15-24-25-22(29-15)17-5-9-19(10-6-17)26-12-21(14-28-2)27-13-20(26)11-16-3-7-18(23)8-4-16/h3-4,7-8,17,19-21H,5-6,9-14H2,1-2H3. The third-order valence-corrected chi connectivity index (χ3v) is 8.16. The molecule has 2 aliphatic rings. The second-order valence-electron chi connectivity index (χ2n) is 8.26. The Morgan fingerprint density at radius 1 is 1.17 bits per heavy atom. The molecule has 0 N–H and O–H groups in total. The monoisotopic (exact) mass is 451 g/mol. The molecule has 7 heteroatoms. The lowest BCUT2D eigenvalue weighted by molar-refractivity contribution is -0.0750. The van der Waals surface area contributed by atoms with E-state index < -0.39 is 0 Å². The Balaban J connectivity index is 1.42. The summed E-state index contributed by atoms with van der Waals surface area (Å²) in [5.41, 5.74) is 1.34. The van der Waals surface area contributed by atoms with Crippen molar-refractivity contribution in [3.63, 3.8) is 0 Å². The van der Waals surface area contributed by atoms with E-state index in [4.69, 9.17) is 16.3 Å². The third kappa shape index (κ3) is 5.53. The molecule has 1 aliphatic carbocycles. The van der Waals surface area contributed by atoms with Crippen LogP contribution in [0.2, 0.25) is 5.02 Å². The van der Waals surface area contributed by atoms with Gasteiger partial charge in [0.25, 0.3) is 0 Å². The lowest BCUT2D eigenvalue weighted by Crippen LogP contribution is -2.56. The van der Waals surface area contributed by atoms with Crippen molar-refractivity contribution in [1.29, 1.82) is 0 Å². The predicted molar refractivity (Wildman–Crippen MR) is 123 cm³/mol. The predicted octanol–water partition coefficient (Wildman–Crippen LogP) is 5.20. The molecule has 29 heavy (non-hydrogen) atoms. The molecule has 4 nitrogen and oxygen atoms in total. The number of rotatable bonds is 6. The zero-order valence-electron chi connectivity index (χ0n) is 17.2. The van der Waals surface area contributed by atoms with Gasteiger partial charge in [-0.3, -0.25) is 4.90 Å².